The molecule has 0 saturated carbocycles. The number of carbonyl (C=O) groups excluding carboxylic acids is 2. The van der Waals surface area contributed by atoms with Gasteiger partial charge in [0.05, 0.1) is 16.6 Å². The number of alkyl halides is 3. The van der Waals surface area contributed by atoms with Crippen LogP contribution in [0.2, 0.25) is 0 Å². The zero-order chi connectivity index (χ0) is 30.0. The summed E-state index contributed by atoms with van der Waals surface area (Å²) < 4.78 is 40.6. The zero-order valence-electron chi connectivity index (χ0n) is 22.2. The number of aryl methyl sites for hydroxylation is 2. The molecule has 212 valence electrons. The summed E-state index contributed by atoms with van der Waals surface area (Å²) in [5.74, 6) is -0.553. The van der Waals surface area contributed by atoms with E-state index in [1.165, 1.54) is 16.8 Å². The molecule has 5 aromatic rings. The second-order valence-corrected chi connectivity index (χ2v) is 9.25. The van der Waals surface area contributed by atoms with Gasteiger partial charge in [-0.2, -0.15) is 23.1 Å². The monoisotopic (exact) mass is 573 g/mol. The van der Waals surface area contributed by atoms with Gasteiger partial charge in [0.1, 0.15) is 0 Å². The summed E-state index contributed by atoms with van der Waals surface area (Å²) in [6.07, 6.45) is -2.51. The minimum atomic E-state index is -4.59. The van der Waals surface area contributed by atoms with Crippen molar-refractivity contribution in [3.05, 3.63) is 106 Å². The third-order valence-electron chi connectivity index (χ3n) is 6.39. The van der Waals surface area contributed by atoms with Gasteiger partial charge in [-0.25, -0.2) is 9.78 Å². The number of rotatable bonds is 7. The molecule has 0 aliphatic carbocycles. The fourth-order valence-corrected chi connectivity index (χ4v) is 4.31. The highest BCUT2D eigenvalue weighted by molar-refractivity contribution is 6.04. The minimum absolute atomic E-state index is 0.153. The number of amides is 2. The summed E-state index contributed by atoms with van der Waals surface area (Å²) in [6.45, 7) is 3.46. The Hall–Kier alpha value is -5.59. The molecule has 2 amide bonds. The van der Waals surface area contributed by atoms with Crippen LogP contribution in [0.15, 0.2) is 77.7 Å². The van der Waals surface area contributed by atoms with Gasteiger partial charge in [-0.05, 0) is 67.9 Å². The van der Waals surface area contributed by atoms with Gasteiger partial charge in [-0.15, -0.1) is 0 Å². The minimum Gasteiger partial charge on any atom is -0.329 e. The summed E-state index contributed by atoms with van der Waals surface area (Å²) in [7, 11) is 0. The average molecular weight is 574 g/mol. The Labute approximate surface area is 236 Å². The number of aromatic nitrogens is 4. The van der Waals surface area contributed by atoms with Gasteiger partial charge in [0.15, 0.2) is 5.65 Å². The smallest absolute Gasteiger partial charge is 0.329 e. The van der Waals surface area contributed by atoms with Crippen LogP contribution in [0.3, 0.4) is 0 Å². The maximum Gasteiger partial charge on any atom is 0.416 e. The first-order valence-corrected chi connectivity index (χ1v) is 12.5. The van der Waals surface area contributed by atoms with Crippen LogP contribution >= 0.6 is 0 Å². The molecule has 13 heteroatoms. The van der Waals surface area contributed by atoms with E-state index in [0.29, 0.717) is 40.1 Å². The maximum absolute atomic E-state index is 13.2. The molecule has 0 aliphatic heterocycles. The van der Waals surface area contributed by atoms with Crippen LogP contribution in [0.5, 0.6) is 0 Å². The number of fused-ring (bicyclic) bond motifs is 1. The van der Waals surface area contributed by atoms with E-state index >= 15 is 0 Å². The van der Waals surface area contributed by atoms with Crippen LogP contribution in [0, 0.1) is 13.8 Å². The molecule has 0 bridgehead atoms. The predicted octanol–water partition coefficient (Wildman–Crippen LogP) is 5.38. The number of hydrogen-bond acceptors (Lipinski definition) is 7. The summed E-state index contributed by atoms with van der Waals surface area (Å²) in [5, 5.41) is 8.65. The number of hydrogen-bond donors (Lipinski definition) is 3. The van der Waals surface area contributed by atoms with E-state index in [4.69, 9.17) is 0 Å². The lowest BCUT2D eigenvalue weighted by atomic mass is 10.1. The Balaban J connectivity index is 1.45. The number of nitrogens with one attached hydrogen (secondary N) is 3. The van der Waals surface area contributed by atoms with E-state index in [1.807, 2.05) is 0 Å². The van der Waals surface area contributed by atoms with Gasteiger partial charge in [0.2, 0.25) is 12.4 Å². The molecule has 0 fully saturated rings. The Kier molecular flexibility index (Phi) is 7.40. The summed E-state index contributed by atoms with van der Waals surface area (Å²) >= 11 is 0. The zero-order valence-corrected chi connectivity index (χ0v) is 22.2. The van der Waals surface area contributed by atoms with Crippen LogP contribution in [0.25, 0.3) is 16.7 Å². The van der Waals surface area contributed by atoms with Crippen molar-refractivity contribution in [2.24, 2.45) is 0 Å². The van der Waals surface area contributed by atoms with Crippen molar-refractivity contribution in [2.75, 3.05) is 16.0 Å². The Bertz CT molecular complexity index is 1900. The first kappa shape index (κ1) is 28.0. The van der Waals surface area contributed by atoms with Crippen molar-refractivity contribution in [3.8, 4) is 5.69 Å². The molecule has 10 nitrogen and oxygen atoms in total. The normalized spacial score (nSPS) is 11.3. The van der Waals surface area contributed by atoms with Crippen molar-refractivity contribution in [1.82, 2.24) is 19.5 Å². The van der Waals surface area contributed by atoms with Crippen molar-refractivity contribution in [3.63, 3.8) is 0 Å². The van der Waals surface area contributed by atoms with Crippen LogP contribution in [-0.2, 0) is 11.0 Å². The van der Waals surface area contributed by atoms with Crippen LogP contribution < -0.4 is 21.6 Å². The van der Waals surface area contributed by atoms with Gasteiger partial charge in [0, 0.05) is 34.5 Å². The van der Waals surface area contributed by atoms with E-state index in [0.717, 1.165) is 18.2 Å². The van der Waals surface area contributed by atoms with Gasteiger partial charge < -0.3 is 16.0 Å². The van der Waals surface area contributed by atoms with Crippen LogP contribution in [0.1, 0.15) is 27.2 Å². The second kappa shape index (κ2) is 11.1. The number of carbonyl (C=O) groups is 2. The Morgan fingerprint density at radius 2 is 1.69 bits per heavy atom. The molecule has 0 aliphatic rings. The number of anilines is 4. The number of nitrogens with zero attached hydrogens (tertiary/aromatic N) is 4. The lowest BCUT2D eigenvalue weighted by Gasteiger charge is -2.16. The van der Waals surface area contributed by atoms with E-state index in [9.17, 15) is 27.6 Å². The molecule has 0 atom stereocenters. The molecule has 42 heavy (non-hydrogen) atoms. The van der Waals surface area contributed by atoms with Gasteiger partial charge in [-0.3, -0.25) is 14.2 Å². The SMILES string of the molecule is Cc1ccc(NC(=O)c2cccc(C(F)(F)F)c2)cc1-n1c(C)c2cnc(Nc3cccc(NC=O)c3)nc2nc1=O. The molecule has 3 N–H and O–H groups in total. The van der Waals surface area contributed by atoms with E-state index in [-0.39, 0.29) is 22.8 Å². The molecule has 0 spiro atoms. The van der Waals surface area contributed by atoms with Crippen molar-refractivity contribution < 1.29 is 22.8 Å². The molecule has 3 aromatic carbocycles. The van der Waals surface area contributed by atoms with E-state index < -0.39 is 23.3 Å². The Morgan fingerprint density at radius 1 is 0.929 bits per heavy atom. The van der Waals surface area contributed by atoms with Gasteiger partial charge in [-0.1, -0.05) is 18.2 Å². The molecular weight excluding hydrogens is 551 g/mol. The average Bonchev–Trinajstić information content (AvgIpc) is 2.94. The third-order valence-corrected chi connectivity index (χ3v) is 6.39. The quantitative estimate of drug-likeness (QED) is 0.223. The van der Waals surface area contributed by atoms with Crippen LogP contribution in [0.4, 0.5) is 36.2 Å². The fourth-order valence-electron chi connectivity index (χ4n) is 4.31. The molecule has 2 aromatic heterocycles. The molecule has 5 rings (SSSR count). The predicted molar refractivity (Wildman–Crippen MR) is 151 cm³/mol. The molecule has 0 unspecified atom stereocenters. The highest BCUT2D eigenvalue weighted by Gasteiger charge is 2.31. The summed E-state index contributed by atoms with van der Waals surface area (Å²) in [4.78, 5) is 49.5. The highest BCUT2D eigenvalue weighted by atomic mass is 19.4. The Morgan fingerprint density at radius 3 is 2.45 bits per heavy atom. The van der Waals surface area contributed by atoms with E-state index in [2.05, 4.69) is 30.9 Å². The topological polar surface area (TPSA) is 131 Å². The first-order chi connectivity index (χ1) is 20.0. The van der Waals surface area contributed by atoms with Gasteiger partial charge in [0.25, 0.3) is 5.91 Å². The van der Waals surface area contributed by atoms with Crippen LogP contribution in [-0.4, -0.2) is 31.8 Å². The van der Waals surface area contributed by atoms with Crippen molar-refractivity contribution >= 4 is 46.4 Å². The van der Waals surface area contributed by atoms with Gasteiger partial charge >= 0.3 is 11.9 Å². The standard InChI is InChI=1S/C29H22F3N7O3/c1-16-9-10-22(35-26(41)18-5-3-6-19(11-18)29(30,31)32)13-24(16)39-17(2)23-14-33-27(37-25(23)38-28(39)42)36-21-8-4-7-20(12-21)34-15-40/h3-15H,1-2H3,(H,34,40)(H,35,41)(H,36,37,38,42). The number of halogens is 3. The molecular formula is C29H22F3N7O3. The lowest BCUT2D eigenvalue weighted by Crippen LogP contribution is -2.25. The highest BCUT2D eigenvalue weighted by Crippen LogP contribution is 2.30. The van der Waals surface area contributed by atoms with Crippen molar-refractivity contribution in [2.45, 2.75) is 20.0 Å². The number of benzene rings is 3. The lowest BCUT2D eigenvalue weighted by molar-refractivity contribution is -0.137. The van der Waals surface area contributed by atoms with E-state index in [1.54, 1.807) is 56.3 Å². The fraction of sp³-hybridized carbons (Fsp3) is 0.103. The first-order valence-electron chi connectivity index (χ1n) is 12.5. The second-order valence-electron chi connectivity index (χ2n) is 9.25. The maximum atomic E-state index is 13.2. The largest absolute Gasteiger partial charge is 0.416 e. The summed E-state index contributed by atoms with van der Waals surface area (Å²) in [5.41, 5.74) is 1.43. The molecule has 2 heterocycles. The third kappa shape index (κ3) is 5.80. The molecule has 0 saturated heterocycles. The summed E-state index contributed by atoms with van der Waals surface area (Å²) in [6, 6.07) is 15.8. The molecule has 0 radical (unpaired) electrons. The van der Waals surface area contributed by atoms with Crippen molar-refractivity contribution in [1.29, 1.82) is 0 Å².